The summed E-state index contributed by atoms with van der Waals surface area (Å²) in [5, 5.41) is 0. The van der Waals surface area contributed by atoms with Crippen molar-refractivity contribution in [1.82, 2.24) is 0 Å². The lowest BCUT2D eigenvalue weighted by molar-refractivity contribution is -0.148. The summed E-state index contributed by atoms with van der Waals surface area (Å²) < 4.78 is 5.75. The fourth-order valence-corrected chi connectivity index (χ4v) is 3.55. The van der Waals surface area contributed by atoms with E-state index in [-0.39, 0.29) is 11.9 Å². The van der Waals surface area contributed by atoms with Crippen LogP contribution in [0, 0.1) is 18.3 Å². The topological polar surface area (TPSA) is 26.3 Å². The molecule has 0 aliphatic heterocycles. The number of rotatable bonds is 7. The van der Waals surface area contributed by atoms with Crippen LogP contribution in [-0.2, 0) is 9.53 Å². The maximum atomic E-state index is 13.0. The van der Waals surface area contributed by atoms with Crippen molar-refractivity contribution in [2.75, 3.05) is 0 Å². The van der Waals surface area contributed by atoms with Crippen LogP contribution in [0.15, 0.2) is 54.6 Å². The second kappa shape index (κ2) is 9.89. The molecule has 2 unspecified atom stereocenters. The molecule has 1 aromatic carbocycles. The van der Waals surface area contributed by atoms with E-state index >= 15 is 0 Å². The van der Waals surface area contributed by atoms with Crippen LogP contribution in [0.1, 0.15) is 56.9 Å². The van der Waals surface area contributed by atoms with Crippen LogP contribution >= 0.6 is 0 Å². The van der Waals surface area contributed by atoms with Crippen molar-refractivity contribution in [1.29, 1.82) is 0 Å². The van der Waals surface area contributed by atoms with Gasteiger partial charge in [-0.05, 0) is 43.2 Å². The lowest BCUT2D eigenvalue weighted by Crippen LogP contribution is -2.29. The SMILES string of the molecule is C#CC(OC(=O)C(c1ccccc1)C1CCCCC1)/C(C)=C/CC=C. The van der Waals surface area contributed by atoms with Crippen molar-refractivity contribution in [3.63, 3.8) is 0 Å². The van der Waals surface area contributed by atoms with Crippen LogP contribution in [0.25, 0.3) is 0 Å². The number of esters is 1. The Morgan fingerprint density at radius 2 is 2.00 bits per heavy atom. The van der Waals surface area contributed by atoms with E-state index in [1.54, 1.807) is 6.08 Å². The molecule has 2 nitrogen and oxygen atoms in total. The minimum absolute atomic E-state index is 0.201. The van der Waals surface area contributed by atoms with E-state index in [0.29, 0.717) is 12.3 Å². The third-order valence-electron chi connectivity index (χ3n) is 4.94. The predicted molar refractivity (Wildman–Crippen MR) is 103 cm³/mol. The van der Waals surface area contributed by atoms with E-state index in [1.165, 1.54) is 19.3 Å². The highest BCUT2D eigenvalue weighted by Crippen LogP contribution is 2.37. The van der Waals surface area contributed by atoms with Crippen LogP contribution in [0.3, 0.4) is 0 Å². The third kappa shape index (κ3) is 5.36. The lowest BCUT2D eigenvalue weighted by atomic mass is 9.77. The first-order valence-electron chi connectivity index (χ1n) is 9.16. The maximum Gasteiger partial charge on any atom is 0.315 e. The summed E-state index contributed by atoms with van der Waals surface area (Å²) >= 11 is 0. The summed E-state index contributed by atoms with van der Waals surface area (Å²) in [7, 11) is 0. The number of carbonyl (C=O) groups is 1. The van der Waals surface area contributed by atoms with Crippen LogP contribution in [0.4, 0.5) is 0 Å². The highest BCUT2D eigenvalue weighted by molar-refractivity contribution is 5.79. The van der Waals surface area contributed by atoms with Gasteiger partial charge in [0.2, 0.25) is 0 Å². The molecule has 1 aromatic rings. The summed E-state index contributed by atoms with van der Waals surface area (Å²) in [6.07, 6.45) is 15.2. The van der Waals surface area contributed by atoms with E-state index in [2.05, 4.69) is 12.5 Å². The minimum Gasteiger partial charge on any atom is -0.444 e. The van der Waals surface area contributed by atoms with Gasteiger partial charge in [-0.3, -0.25) is 4.79 Å². The Morgan fingerprint density at radius 3 is 2.60 bits per heavy atom. The van der Waals surface area contributed by atoms with Gasteiger partial charge in [0.1, 0.15) is 0 Å². The zero-order chi connectivity index (χ0) is 18.1. The lowest BCUT2D eigenvalue weighted by Gasteiger charge is -2.30. The van der Waals surface area contributed by atoms with Gasteiger partial charge in [-0.2, -0.15) is 0 Å². The van der Waals surface area contributed by atoms with Crippen LogP contribution < -0.4 is 0 Å². The third-order valence-corrected chi connectivity index (χ3v) is 4.94. The van der Waals surface area contributed by atoms with Crippen LogP contribution in [0.2, 0.25) is 0 Å². The normalized spacial score (nSPS) is 18.0. The average molecular weight is 336 g/mol. The summed E-state index contributed by atoms with van der Waals surface area (Å²) in [6, 6.07) is 9.97. The molecule has 0 saturated heterocycles. The molecule has 0 radical (unpaired) electrons. The quantitative estimate of drug-likeness (QED) is 0.378. The number of benzene rings is 1. The van der Waals surface area contributed by atoms with Gasteiger partial charge in [-0.25, -0.2) is 0 Å². The summed E-state index contributed by atoms with van der Waals surface area (Å²) in [6.45, 7) is 5.61. The number of ether oxygens (including phenoxy) is 1. The molecule has 0 N–H and O–H groups in total. The van der Waals surface area contributed by atoms with Crippen molar-refractivity contribution in [2.24, 2.45) is 5.92 Å². The van der Waals surface area contributed by atoms with E-state index in [9.17, 15) is 4.79 Å². The number of allylic oxidation sites excluding steroid dienone is 2. The number of hydrogen-bond donors (Lipinski definition) is 0. The fourth-order valence-electron chi connectivity index (χ4n) is 3.55. The Bertz CT molecular complexity index is 630. The Hall–Kier alpha value is -2.27. The molecule has 0 spiro atoms. The number of hydrogen-bond acceptors (Lipinski definition) is 2. The largest absolute Gasteiger partial charge is 0.444 e. The fraction of sp³-hybridized carbons (Fsp3) is 0.435. The molecule has 2 atom stereocenters. The molecule has 0 aromatic heterocycles. The van der Waals surface area contributed by atoms with Crippen molar-refractivity contribution in [3.8, 4) is 12.3 Å². The van der Waals surface area contributed by atoms with E-state index in [0.717, 1.165) is 24.0 Å². The highest BCUT2D eigenvalue weighted by Gasteiger charge is 2.33. The van der Waals surface area contributed by atoms with Crippen molar-refractivity contribution >= 4 is 5.97 Å². The first-order chi connectivity index (χ1) is 12.2. The molecule has 1 saturated carbocycles. The average Bonchev–Trinajstić information content (AvgIpc) is 2.66. The van der Waals surface area contributed by atoms with Gasteiger partial charge in [0, 0.05) is 0 Å². The van der Waals surface area contributed by atoms with Gasteiger partial charge >= 0.3 is 5.97 Å². The Labute approximate surface area is 152 Å². The van der Waals surface area contributed by atoms with Crippen molar-refractivity contribution in [3.05, 3.63) is 60.2 Å². The molecule has 1 fully saturated rings. The Morgan fingerprint density at radius 1 is 1.32 bits per heavy atom. The maximum absolute atomic E-state index is 13.0. The molecule has 0 heterocycles. The van der Waals surface area contributed by atoms with E-state index in [1.807, 2.05) is 43.3 Å². The first kappa shape index (κ1) is 19.1. The highest BCUT2D eigenvalue weighted by atomic mass is 16.5. The van der Waals surface area contributed by atoms with Gasteiger partial charge in [0.15, 0.2) is 6.10 Å². The second-order valence-electron chi connectivity index (χ2n) is 6.74. The van der Waals surface area contributed by atoms with Gasteiger partial charge in [0.25, 0.3) is 0 Å². The van der Waals surface area contributed by atoms with E-state index < -0.39 is 6.10 Å². The first-order valence-corrected chi connectivity index (χ1v) is 9.16. The summed E-state index contributed by atoms with van der Waals surface area (Å²) in [5.74, 6) is 2.50. The van der Waals surface area contributed by atoms with Gasteiger partial charge in [0.05, 0.1) is 5.92 Å². The van der Waals surface area contributed by atoms with Crippen LogP contribution in [-0.4, -0.2) is 12.1 Å². The summed E-state index contributed by atoms with van der Waals surface area (Å²) in [4.78, 5) is 13.0. The Balaban J connectivity index is 2.20. The molecule has 0 amide bonds. The minimum atomic E-state index is -0.609. The van der Waals surface area contributed by atoms with E-state index in [4.69, 9.17) is 11.2 Å². The van der Waals surface area contributed by atoms with Gasteiger partial charge in [-0.1, -0.05) is 67.7 Å². The molecule has 2 rings (SSSR count). The molecular formula is C23H28O2. The van der Waals surface area contributed by atoms with Crippen molar-refractivity contribution < 1.29 is 9.53 Å². The van der Waals surface area contributed by atoms with Crippen LogP contribution in [0.5, 0.6) is 0 Å². The summed E-state index contributed by atoms with van der Waals surface area (Å²) in [5.41, 5.74) is 1.91. The van der Waals surface area contributed by atoms with Gasteiger partial charge < -0.3 is 4.74 Å². The Kier molecular flexibility index (Phi) is 7.54. The molecule has 132 valence electrons. The molecule has 25 heavy (non-hydrogen) atoms. The molecule has 1 aliphatic rings. The zero-order valence-corrected chi connectivity index (χ0v) is 15.1. The number of terminal acetylenes is 1. The van der Waals surface area contributed by atoms with Crippen molar-refractivity contribution in [2.45, 2.75) is 57.5 Å². The molecule has 1 aliphatic carbocycles. The standard InChI is InChI=1S/C23H28O2/c1-4-6-13-18(3)21(5-2)25-23(24)22(19-14-9-7-10-15-19)20-16-11-8-12-17-20/h2,4,7,9-10,13-15,20-22H,1,6,8,11-12,16-17H2,3H3/b18-13+. The zero-order valence-electron chi connectivity index (χ0n) is 15.1. The van der Waals surface area contributed by atoms with Gasteiger partial charge in [-0.15, -0.1) is 13.0 Å². The second-order valence-corrected chi connectivity index (χ2v) is 6.74. The monoisotopic (exact) mass is 336 g/mol. The molecular weight excluding hydrogens is 308 g/mol. The molecule has 0 bridgehead atoms. The smallest absolute Gasteiger partial charge is 0.315 e. The predicted octanol–water partition coefficient (Wildman–Crippen LogP) is 5.42. The number of carbonyl (C=O) groups excluding carboxylic acids is 1. The molecule has 2 heteroatoms.